The number of fused-ring (bicyclic) bond motifs is 6. The van der Waals surface area contributed by atoms with E-state index in [-0.39, 0.29) is 0 Å². The fourth-order valence-corrected chi connectivity index (χ4v) is 15.1. The van der Waals surface area contributed by atoms with E-state index < -0.39 is 8.07 Å². The van der Waals surface area contributed by atoms with Crippen molar-refractivity contribution in [3.63, 3.8) is 0 Å². The summed E-state index contributed by atoms with van der Waals surface area (Å²) in [4.78, 5) is 0. The van der Waals surface area contributed by atoms with E-state index in [0.29, 0.717) is 0 Å². The molecule has 0 aliphatic heterocycles. The smallest absolute Gasteiger partial charge is 0.179 e. The molecular weight excluding hydrogens is 777 g/mol. The molecule has 2 aromatic heterocycles. The molecular formula is C60H42N2Si. The van der Waals surface area contributed by atoms with Gasteiger partial charge in [-0.25, -0.2) is 0 Å². The number of hydrogen-bond acceptors (Lipinski definition) is 0. The van der Waals surface area contributed by atoms with E-state index in [9.17, 15) is 0 Å². The molecule has 296 valence electrons. The lowest BCUT2D eigenvalue weighted by atomic mass is 9.97. The van der Waals surface area contributed by atoms with E-state index in [1.807, 2.05) is 0 Å². The Bertz CT molecular complexity index is 3500. The second kappa shape index (κ2) is 15.2. The first-order valence-electron chi connectivity index (χ1n) is 21.8. The van der Waals surface area contributed by atoms with Crippen LogP contribution in [0, 0.1) is 0 Å². The maximum absolute atomic E-state index is 2.76. The van der Waals surface area contributed by atoms with Gasteiger partial charge in [0.1, 0.15) is 0 Å². The third-order valence-corrected chi connectivity index (χ3v) is 17.8. The first-order chi connectivity index (χ1) is 31.3. The predicted octanol–water partition coefficient (Wildman–Crippen LogP) is 12.6. The van der Waals surface area contributed by atoms with Gasteiger partial charge in [0.15, 0.2) is 8.07 Å². The summed E-state index contributed by atoms with van der Waals surface area (Å²) in [7, 11) is -2.76. The molecule has 0 radical (unpaired) electrons. The highest BCUT2D eigenvalue weighted by atomic mass is 28.3. The highest BCUT2D eigenvalue weighted by Crippen LogP contribution is 2.42. The Morgan fingerprint density at radius 1 is 0.254 bits per heavy atom. The van der Waals surface area contributed by atoms with Gasteiger partial charge in [-0.2, -0.15) is 0 Å². The number of aromatic nitrogens is 2. The van der Waals surface area contributed by atoms with E-state index in [1.54, 1.807) is 0 Å². The fourth-order valence-electron chi connectivity index (χ4n) is 10.4. The average molecular weight is 819 g/mol. The monoisotopic (exact) mass is 818 g/mol. The van der Waals surface area contributed by atoms with Crippen LogP contribution in [0.15, 0.2) is 255 Å². The summed E-state index contributed by atoms with van der Waals surface area (Å²) in [6.07, 6.45) is 0. The molecule has 2 nitrogen and oxygen atoms in total. The van der Waals surface area contributed by atoms with Crippen LogP contribution in [0.2, 0.25) is 0 Å². The molecule has 0 N–H and O–H groups in total. The third kappa shape index (κ3) is 5.85. The van der Waals surface area contributed by atoms with Crippen LogP contribution in [0.25, 0.3) is 77.2 Å². The molecule has 63 heavy (non-hydrogen) atoms. The minimum Gasteiger partial charge on any atom is -0.309 e. The van der Waals surface area contributed by atoms with Gasteiger partial charge < -0.3 is 9.13 Å². The van der Waals surface area contributed by atoms with Crippen LogP contribution < -0.4 is 20.7 Å². The molecule has 12 aromatic rings. The van der Waals surface area contributed by atoms with Crippen molar-refractivity contribution in [3.05, 3.63) is 255 Å². The summed E-state index contributed by atoms with van der Waals surface area (Å²) in [6, 6.07) is 94.2. The topological polar surface area (TPSA) is 9.86 Å². The fraction of sp³-hybridized carbons (Fsp3) is 0. The van der Waals surface area contributed by atoms with E-state index in [0.717, 1.165) is 5.69 Å². The normalized spacial score (nSPS) is 11.8. The molecule has 0 amide bonds. The molecule has 0 fully saturated rings. The molecule has 10 aromatic carbocycles. The van der Waals surface area contributed by atoms with E-state index >= 15 is 0 Å². The van der Waals surface area contributed by atoms with Gasteiger partial charge in [0, 0.05) is 27.1 Å². The Labute approximate surface area is 368 Å². The molecule has 0 saturated heterocycles. The molecule has 2 heterocycles. The largest absolute Gasteiger partial charge is 0.309 e. The predicted molar refractivity (Wildman–Crippen MR) is 270 cm³/mol. The van der Waals surface area contributed by atoms with Crippen molar-refractivity contribution in [2.75, 3.05) is 0 Å². The minimum absolute atomic E-state index is 1.15. The van der Waals surface area contributed by atoms with Crippen LogP contribution in [-0.4, -0.2) is 17.2 Å². The van der Waals surface area contributed by atoms with Crippen molar-refractivity contribution < 1.29 is 0 Å². The van der Waals surface area contributed by atoms with Crippen molar-refractivity contribution in [2.45, 2.75) is 0 Å². The zero-order valence-electron chi connectivity index (χ0n) is 34.6. The highest BCUT2D eigenvalue weighted by molar-refractivity contribution is 7.20. The summed E-state index contributed by atoms with van der Waals surface area (Å²) in [6.45, 7) is 0. The van der Waals surface area contributed by atoms with Gasteiger partial charge in [-0.3, -0.25) is 0 Å². The Kier molecular flexibility index (Phi) is 8.87. The number of nitrogens with zero attached hydrogens (tertiary/aromatic N) is 2. The van der Waals surface area contributed by atoms with E-state index in [2.05, 4.69) is 264 Å². The summed E-state index contributed by atoms with van der Waals surface area (Å²) in [5.41, 5.74) is 11.8. The van der Waals surface area contributed by atoms with Crippen molar-refractivity contribution >= 4 is 72.4 Å². The first kappa shape index (κ1) is 36.8. The van der Waals surface area contributed by atoms with Gasteiger partial charge in [0.2, 0.25) is 0 Å². The minimum atomic E-state index is -2.76. The lowest BCUT2D eigenvalue weighted by Gasteiger charge is -2.34. The van der Waals surface area contributed by atoms with E-state index in [4.69, 9.17) is 0 Å². The SMILES string of the molecule is c1ccc(-c2ccc(-n3c4ccccc4c4c(-n5c6ccccc6c6cc([Si](c7ccccc7)(c7ccccc7)c7ccccc7)ccc65)cccc43)c(-c3ccccc3)c2)cc1. The van der Waals surface area contributed by atoms with Gasteiger partial charge in [-0.05, 0) is 79.9 Å². The Hall–Kier alpha value is -7.98. The van der Waals surface area contributed by atoms with Crippen LogP contribution in [0.3, 0.4) is 0 Å². The Morgan fingerprint density at radius 3 is 1.35 bits per heavy atom. The summed E-state index contributed by atoms with van der Waals surface area (Å²) < 4.78 is 5.00. The average Bonchev–Trinajstić information content (AvgIpc) is 3.88. The van der Waals surface area contributed by atoms with Crippen LogP contribution in [0.1, 0.15) is 0 Å². The summed E-state index contributed by atoms with van der Waals surface area (Å²) in [5.74, 6) is 0. The molecule has 0 unspecified atom stereocenters. The maximum atomic E-state index is 2.53. The Morgan fingerprint density at radius 2 is 0.730 bits per heavy atom. The lowest BCUT2D eigenvalue weighted by Crippen LogP contribution is -2.74. The maximum Gasteiger partial charge on any atom is 0.179 e. The molecule has 3 heteroatoms. The first-order valence-corrected chi connectivity index (χ1v) is 23.8. The van der Waals surface area contributed by atoms with Crippen LogP contribution in [-0.2, 0) is 0 Å². The van der Waals surface area contributed by atoms with Crippen LogP contribution in [0.4, 0.5) is 0 Å². The second-order valence-electron chi connectivity index (χ2n) is 16.4. The summed E-state index contributed by atoms with van der Waals surface area (Å²) >= 11 is 0. The van der Waals surface area contributed by atoms with Gasteiger partial charge in [-0.15, -0.1) is 0 Å². The lowest BCUT2D eigenvalue weighted by molar-refractivity contribution is 1.17. The van der Waals surface area contributed by atoms with Crippen LogP contribution >= 0.6 is 0 Å². The molecule has 0 aliphatic rings. The van der Waals surface area contributed by atoms with Crippen molar-refractivity contribution in [2.24, 2.45) is 0 Å². The molecule has 0 spiro atoms. The quantitative estimate of drug-likeness (QED) is 0.107. The third-order valence-electron chi connectivity index (χ3n) is 13.1. The molecule has 0 saturated carbocycles. The van der Waals surface area contributed by atoms with E-state index in [1.165, 1.54) is 92.3 Å². The number of rotatable bonds is 8. The Balaban J connectivity index is 1.13. The number of benzene rings is 10. The molecule has 0 bridgehead atoms. The molecule has 0 aliphatic carbocycles. The summed E-state index contributed by atoms with van der Waals surface area (Å²) in [5, 5.41) is 10.4. The standard InChI is InChI=1S/C60H42N2Si/c1-6-21-43(22-7-1)45-37-39-56(52(41-45)44-23-8-2-9-24-44)62-55-34-19-17-32-51(55)60-58(35-20-36-59(60)62)61-54-33-18-16-31-50(54)53-42-49(38-40-57(53)61)63(46-25-10-3-11-26-46,47-27-12-4-13-28-47)48-29-14-5-15-30-48/h1-42H. The zero-order valence-corrected chi connectivity index (χ0v) is 35.6. The highest BCUT2D eigenvalue weighted by Gasteiger charge is 2.41. The molecule has 12 rings (SSSR count). The number of hydrogen-bond donors (Lipinski definition) is 0. The van der Waals surface area contributed by atoms with Gasteiger partial charge in [-0.1, -0.05) is 212 Å². The number of para-hydroxylation sites is 2. The van der Waals surface area contributed by atoms with Crippen molar-refractivity contribution in [3.8, 4) is 33.6 Å². The van der Waals surface area contributed by atoms with Gasteiger partial charge >= 0.3 is 0 Å². The second-order valence-corrected chi connectivity index (χ2v) is 20.2. The van der Waals surface area contributed by atoms with Crippen LogP contribution in [0.5, 0.6) is 0 Å². The molecule has 0 atom stereocenters. The zero-order chi connectivity index (χ0) is 41.7. The van der Waals surface area contributed by atoms with Gasteiger partial charge in [0.05, 0.1) is 33.4 Å². The van der Waals surface area contributed by atoms with Gasteiger partial charge in [0.25, 0.3) is 0 Å². The van der Waals surface area contributed by atoms with Crippen molar-refractivity contribution in [1.29, 1.82) is 0 Å². The van der Waals surface area contributed by atoms with Crippen molar-refractivity contribution in [1.82, 2.24) is 9.13 Å².